The van der Waals surface area contributed by atoms with E-state index in [1.165, 1.54) is 35.0 Å². The van der Waals surface area contributed by atoms with Gasteiger partial charge in [0.25, 0.3) is 11.5 Å². The number of anilines is 1. The number of rotatable bonds is 4. The molecule has 2 rings (SSSR count). The van der Waals surface area contributed by atoms with Gasteiger partial charge < -0.3 is 14.6 Å². The largest absolute Gasteiger partial charge is 0.483 e. The highest BCUT2D eigenvalue weighted by atomic mass is 35.5. The number of benzene rings is 1. The Morgan fingerprint density at radius 2 is 2.00 bits per heavy atom. The second-order valence-corrected chi connectivity index (χ2v) is 5.27. The van der Waals surface area contributed by atoms with Gasteiger partial charge in [-0.3, -0.25) is 9.59 Å². The third-order valence-corrected chi connectivity index (χ3v) is 3.24. The minimum absolute atomic E-state index is 0.0824. The summed E-state index contributed by atoms with van der Waals surface area (Å²) in [6, 6.07) is 6.44. The van der Waals surface area contributed by atoms with E-state index >= 15 is 0 Å². The minimum atomic E-state index is -4.48. The molecule has 1 heterocycles. The van der Waals surface area contributed by atoms with E-state index in [0.717, 1.165) is 6.07 Å². The number of ether oxygens (including phenoxy) is 1. The molecule has 5 nitrogen and oxygen atoms in total. The Hall–Kier alpha value is -2.48. The summed E-state index contributed by atoms with van der Waals surface area (Å²) in [5, 5.41) is 2.41. The van der Waals surface area contributed by atoms with Gasteiger partial charge in [0.2, 0.25) is 0 Å². The maximum Gasteiger partial charge on any atom is 0.422 e. The number of alkyl halides is 3. The molecule has 0 bridgehead atoms. The number of hydrogen-bond acceptors (Lipinski definition) is 3. The van der Waals surface area contributed by atoms with Crippen molar-refractivity contribution in [2.75, 3.05) is 11.9 Å². The van der Waals surface area contributed by atoms with E-state index in [4.69, 9.17) is 11.6 Å². The molecule has 0 spiro atoms. The maximum atomic E-state index is 12.1. The normalized spacial score (nSPS) is 11.2. The highest BCUT2D eigenvalue weighted by Gasteiger charge is 2.28. The average molecular weight is 361 g/mol. The summed E-state index contributed by atoms with van der Waals surface area (Å²) in [6.07, 6.45) is -3.03. The number of nitrogens with one attached hydrogen (secondary N) is 1. The van der Waals surface area contributed by atoms with Crippen LogP contribution in [0.3, 0.4) is 0 Å². The molecule has 1 amide bonds. The Balaban J connectivity index is 2.10. The van der Waals surface area contributed by atoms with Crippen LogP contribution in [0.1, 0.15) is 10.4 Å². The van der Waals surface area contributed by atoms with Crippen LogP contribution in [-0.4, -0.2) is 23.3 Å². The van der Waals surface area contributed by atoms with Gasteiger partial charge in [-0.15, -0.1) is 0 Å². The Bertz CT molecular complexity index is 818. The van der Waals surface area contributed by atoms with Crippen LogP contribution in [0.5, 0.6) is 5.75 Å². The van der Waals surface area contributed by atoms with Crippen LogP contribution in [-0.2, 0) is 7.05 Å². The molecule has 0 aliphatic heterocycles. The summed E-state index contributed by atoms with van der Waals surface area (Å²) in [5.41, 5.74) is 0.0493. The molecule has 0 unspecified atom stereocenters. The average Bonchev–Trinajstić information content (AvgIpc) is 2.48. The number of pyridine rings is 1. The van der Waals surface area contributed by atoms with Crippen molar-refractivity contribution >= 4 is 23.2 Å². The molecular weight excluding hydrogens is 349 g/mol. The standard InChI is InChI=1S/C15H12ClF3N2O3/c1-21-5-4-9(6-13(21)22)14(23)20-10-2-3-12(11(16)7-10)24-8-15(17,18)19/h2-7H,8H2,1H3,(H,20,23). The highest BCUT2D eigenvalue weighted by molar-refractivity contribution is 6.32. The predicted molar refractivity (Wildman–Crippen MR) is 82.6 cm³/mol. The molecule has 1 aromatic carbocycles. The van der Waals surface area contributed by atoms with Crippen LogP contribution >= 0.6 is 11.6 Å². The molecule has 9 heteroatoms. The number of carbonyl (C=O) groups is 1. The zero-order chi connectivity index (χ0) is 17.9. The molecule has 0 fully saturated rings. The Morgan fingerprint density at radius 3 is 2.58 bits per heavy atom. The first-order valence-electron chi connectivity index (χ1n) is 6.63. The lowest BCUT2D eigenvalue weighted by atomic mass is 10.2. The Morgan fingerprint density at radius 1 is 1.29 bits per heavy atom. The molecule has 128 valence electrons. The topological polar surface area (TPSA) is 60.3 Å². The lowest BCUT2D eigenvalue weighted by molar-refractivity contribution is -0.153. The van der Waals surface area contributed by atoms with Crippen molar-refractivity contribution in [2.45, 2.75) is 6.18 Å². The van der Waals surface area contributed by atoms with E-state index in [2.05, 4.69) is 10.1 Å². The van der Waals surface area contributed by atoms with Gasteiger partial charge in [0.05, 0.1) is 5.02 Å². The van der Waals surface area contributed by atoms with Crippen LogP contribution in [0.15, 0.2) is 41.3 Å². The fourth-order valence-corrected chi connectivity index (χ4v) is 1.98. The van der Waals surface area contributed by atoms with E-state index in [1.807, 2.05) is 0 Å². The fourth-order valence-electron chi connectivity index (χ4n) is 1.75. The molecule has 1 N–H and O–H groups in total. The quantitative estimate of drug-likeness (QED) is 0.910. The van der Waals surface area contributed by atoms with E-state index in [0.29, 0.717) is 0 Å². The molecule has 0 aliphatic carbocycles. The second kappa shape index (κ2) is 6.96. The van der Waals surface area contributed by atoms with Crippen molar-refractivity contribution in [3.8, 4) is 5.75 Å². The van der Waals surface area contributed by atoms with Crippen molar-refractivity contribution in [1.29, 1.82) is 0 Å². The summed E-state index contributed by atoms with van der Waals surface area (Å²) in [7, 11) is 1.55. The van der Waals surface area contributed by atoms with Gasteiger partial charge in [0, 0.05) is 30.6 Å². The van der Waals surface area contributed by atoms with Gasteiger partial charge in [-0.25, -0.2) is 0 Å². The number of halogens is 4. The summed E-state index contributed by atoms with van der Waals surface area (Å²) < 4.78 is 42.2. The summed E-state index contributed by atoms with van der Waals surface area (Å²) in [6.45, 7) is -1.47. The molecule has 0 atom stereocenters. The fraction of sp³-hybridized carbons (Fsp3) is 0.200. The smallest absolute Gasteiger partial charge is 0.422 e. The highest BCUT2D eigenvalue weighted by Crippen LogP contribution is 2.29. The van der Waals surface area contributed by atoms with Gasteiger partial charge in [0.1, 0.15) is 5.75 Å². The predicted octanol–water partition coefficient (Wildman–Crippen LogP) is 3.23. The zero-order valence-corrected chi connectivity index (χ0v) is 13.1. The lowest BCUT2D eigenvalue weighted by Gasteiger charge is -2.12. The molecule has 0 saturated heterocycles. The van der Waals surface area contributed by atoms with E-state index < -0.39 is 18.7 Å². The molecule has 0 aliphatic rings. The van der Waals surface area contributed by atoms with Crippen LogP contribution in [0, 0.1) is 0 Å². The van der Waals surface area contributed by atoms with Crippen molar-refractivity contribution in [3.05, 3.63) is 57.5 Å². The molecule has 2 aromatic rings. The van der Waals surface area contributed by atoms with Crippen molar-refractivity contribution in [2.24, 2.45) is 7.05 Å². The molecule has 0 saturated carbocycles. The van der Waals surface area contributed by atoms with Gasteiger partial charge >= 0.3 is 6.18 Å². The molecule has 0 radical (unpaired) electrons. The van der Waals surface area contributed by atoms with Crippen LogP contribution < -0.4 is 15.6 Å². The number of aryl methyl sites for hydroxylation is 1. The summed E-state index contributed by atoms with van der Waals surface area (Å²) >= 11 is 5.84. The van der Waals surface area contributed by atoms with E-state index in [9.17, 15) is 22.8 Å². The van der Waals surface area contributed by atoms with Gasteiger partial charge in [-0.05, 0) is 24.3 Å². The monoisotopic (exact) mass is 360 g/mol. The Labute approximate surface area is 139 Å². The number of nitrogens with zero attached hydrogens (tertiary/aromatic N) is 1. The van der Waals surface area contributed by atoms with Crippen molar-refractivity contribution in [3.63, 3.8) is 0 Å². The number of hydrogen-bond donors (Lipinski definition) is 1. The van der Waals surface area contributed by atoms with Gasteiger partial charge in [-0.2, -0.15) is 13.2 Å². The maximum absolute atomic E-state index is 12.1. The van der Waals surface area contributed by atoms with Crippen LogP contribution in [0.25, 0.3) is 0 Å². The third-order valence-electron chi connectivity index (χ3n) is 2.95. The van der Waals surface area contributed by atoms with Crippen LogP contribution in [0.4, 0.5) is 18.9 Å². The number of carbonyl (C=O) groups excluding carboxylic acids is 1. The van der Waals surface area contributed by atoms with Gasteiger partial charge in [-0.1, -0.05) is 11.6 Å². The first-order chi connectivity index (χ1) is 11.2. The lowest BCUT2D eigenvalue weighted by Crippen LogP contribution is -2.20. The van der Waals surface area contributed by atoms with E-state index in [-0.39, 0.29) is 27.6 Å². The first kappa shape index (κ1) is 17.9. The number of amides is 1. The summed E-state index contributed by atoms with van der Waals surface area (Å²) in [4.78, 5) is 23.6. The molecule has 1 aromatic heterocycles. The van der Waals surface area contributed by atoms with E-state index in [1.54, 1.807) is 7.05 Å². The Kier molecular flexibility index (Phi) is 5.18. The summed E-state index contributed by atoms with van der Waals surface area (Å²) in [5.74, 6) is -0.701. The third kappa shape index (κ3) is 4.76. The SMILES string of the molecule is Cn1ccc(C(=O)Nc2ccc(OCC(F)(F)F)c(Cl)c2)cc1=O. The van der Waals surface area contributed by atoms with Crippen molar-refractivity contribution in [1.82, 2.24) is 4.57 Å². The zero-order valence-electron chi connectivity index (χ0n) is 12.4. The molecule has 24 heavy (non-hydrogen) atoms. The van der Waals surface area contributed by atoms with Crippen molar-refractivity contribution < 1.29 is 22.7 Å². The second-order valence-electron chi connectivity index (χ2n) is 4.87. The molecular formula is C15H12ClF3N2O3. The van der Waals surface area contributed by atoms with Gasteiger partial charge in [0.15, 0.2) is 6.61 Å². The first-order valence-corrected chi connectivity index (χ1v) is 7.00. The van der Waals surface area contributed by atoms with Crippen LogP contribution in [0.2, 0.25) is 5.02 Å². The number of aromatic nitrogens is 1. The minimum Gasteiger partial charge on any atom is -0.483 e.